The highest BCUT2D eigenvalue weighted by molar-refractivity contribution is 5.68. The first-order valence-corrected chi connectivity index (χ1v) is 5.46. The Kier molecular flexibility index (Phi) is 2.25. The molecule has 2 aromatic rings. The number of morpholine rings is 1. The van der Waals surface area contributed by atoms with E-state index in [4.69, 9.17) is 4.74 Å². The summed E-state index contributed by atoms with van der Waals surface area (Å²) in [6.07, 6.45) is 5.67. The normalized spacial score (nSPS) is 16.9. The van der Waals surface area contributed by atoms with E-state index in [1.165, 1.54) is 0 Å². The summed E-state index contributed by atoms with van der Waals surface area (Å²) in [5.74, 6) is 0. The molecule has 0 aliphatic carbocycles. The molecule has 0 aromatic carbocycles. The van der Waals surface area contributed by atoms with E-state index in [1.54, 1.807) is 6.33 Å². The molecule has 1 saturated heterocycles. The van der Waals surface area contributed by atoms with Crippen LogP contribution in [-0.4, -0.2) is 40.7 Å². The summed E-state index contributed by atoms with van der Waals surface area (Å²) in [7, 11) is 0. The van der Waals surface area contributed by atoms with Crippen molar-refractivity contribution < 1.29 is 4.74 Å². The zero-order valence-electron chi connectivity index (χ0n) is 9.26. The van der Waals surface area contributed by atoms with Gasteiger partial charge in [-0.25, -0.2) is 9.97 Å². The molecule has 0 bridgehead atoms. The van der Waals surface area contributed by atoms with Crippen LogP contribution < -0.4 is 4.90 Å². The van der Waals surface area contributed by atoms with E-state index in [9.17, 15) is 0 Å². The number of imidazole rings is 1. The number of aryl methyl sites for hydroxylation is 1. The molecule has 0 amide bonds. The van der Waals surface area contributed by atoms with E-state index in [0.717, 1.165) is 43.3 Å². The number of fused-ring (bicyclic) bond motifs is 1. The first-order chi connectivity index (χ1) is 7.84. The molecule has 1 aliphatic heterocycles. The van der Waals surface area contributed by atoms with Crippen LogP contribution in [0.15, 0.2) is 18.7 Å². The zero-order chi connectivity index (χ0) is 11.0. The quantitative estimate of drug-likeness (QED) is 0.712. The van der Waals surface area contributed by atoms with Crippen molar-refractivity contribution >= 4 is 11.3 Å². The van der Waals surface area contributed by atoms with Gasteiger partial charge in [0, 0.05) is 19.3 Å². The fraction of sp³-hybridized carbons (Fsp3) is 0.455. The summed E-state index contributed by atoms with van der Waals surface area (Å²) >= 11 is 0. The summed E-state index contributed by atoms with van der Waals surface area (Å²) in [6, 6.07) is 0. The van der Waals surface area contributed by atoms with Crippen LogP contribution in [0.25, 0.3) is 5.65 Å². The Morgan fingerprint density at radius 3 is 2.94 bits per heavy atom. The van der Waals surface area contributed by atoms with Crippen LogP contribution in [-0.2, 0) is 4.74 Å². The SMILES string of the molecule is Cc1cn2cncc(N3CCOCC3)c2n1. The van der Waals surface area contributed by atoms with Gasteiger partial charge in [-0.15, -0.1) is 0 Å². The average Bonchev–Trinajstić information content (AvgIpc) is 2.70. The highest BCUT2D eigenvalue weighted by atomic mass is 16.5. The molecule has 1 fully saturated rings. The van der Waals surface area contributed by atoms with Crippen LogP contribution in [0, 0.1) is 6.92 Å². The van der Waals surface area contributed by atoms with E-state index < -0.39 is 0 Å². The number of rotatable bonds is 1. The molecule has 0 atom stereocenters. The first kappa shape index (κ1) is 9.59. The highest BCUT2D eigenvalue weighted by Gasteiger charge is 2.15. The van der Waals surface area contributed by atoms with Crippen LogP contribution >= 0.6 is 0 Å². The summed E-state index contributed by atoms with van der Waals surface area (Å²) in [5, 5.41) is 0. The third kappa shape index (κ3) is 1.53. The monoisotopic (exact) mass is 218 g/mol. The Labute approximate surface area is 93.7 Å². The van der Waals surface area contributed by atoms with E-state index >= 15 is 0 Å². The Hall–Kier alpha value is -1.62. The number of ether oxygens (including phenoxy) is 1. The van der Waals surface area contributed by atoms with Gasteiger partial charge < -0.3 is 9.64 Å². The number of hydrogen-bond donors (Lipinski definition) is 0. The van der Waals surface area contributed by atoms with Gasteiger partial charge in [0.15, 0.2) is 5.65 Å². The molecule has 3 heterocycles. The van der Waals surface area contributed by atoms with E-state index in [1.807, 2.05) is 23.7 Å². The lowest BCUT2D eigenvalue weighted by Crippen LogP contribution is -2.36. The number of hydrogen-bond acceptors (Lipinski definition) is 4. The maximum atomic E-state index is 5.35. The van der Waals surface area contributed by atoms with Gasteiger partial charge in [-0.05, 0) is 6.92 Å². The van der Waals surface area contributed by atoms with Crippen molar-refractivity contribution in [1.82, 2.24) is 14.4 Å². The van der Waals surface area contributed by atoms with Gasteiger partial charge in [-0.2, -0.15) is 0 Å². The fourth-order valence-corrected chi connectivity index (χ4v) is 2.05. The van der Waals surface area contributed by atoms with Crippen molar-refractivity contribution in [2.24, 2.45) is 0 Å². The first-order valence-electron chi connectivity index (χ1n) is 5.46. The Bertz CT molecular complexity index is 502. The Morgan fingerprint density at radius 2 is 2.12 bits per heavy atom. The van der Waals surface area contributed by atoms with Crippen molar-refractivity contribution in [3.05, 3.63) is 24.4 Å². The fourth-order valence-electron chi connectivity index (χ4n) is 2.05. The van der Waals surface area contributed by atoms with Crippen molar-refractivity contribution in [2.75, 3.05) is 31.2 Å². The second-order valence-electron chi connectivity index (χ2n) is 3.99. The molecule has 0 spiro atoms. The molecule has 0 radical (unpaired) electrons. The van der Waals surface area contributed by atoms with E-state index in [0.29, 0.717) is 0 Å². The van der Waals surface area contributed by atoms with E-state index in [-0.39, 0.29) is 0 Å². The van der Waals surface area contributed by atoms with Crippen LogP contribution in [0.3, 0.4) is 0 Å². The van der Waals surface area contributed by atoms with Crippen LogP contribution in [0.2, 0.25) is 0 Å². The van der Waals surface area contributed by atoms with Crippen LogP contribution in [0.1, 0.15) is 5.69 Å². The molecule has 3 rings (SSSR count). The summed E-state index contributed by atoms with van der Waals surface area (Å²) in [5.41, 5.74) is 3.09. The molecular weight excluding hydrogens is 204 g/mol. The van der Waals surface area contributed by atoms with Gasteiger partial charge in [0.05, 0.1) is 30.8 Å². The Morgan fingerprint density at radius 1 is 1.31 bits per heavy atom. The standard InChI is InChI=1S/C11H14N4O/c1-9-7-15-8-12-6-10(11(15)13-9)14-2-4-16-5-3-14/h6-8H,2-5H2,1H3. The molecule has 16 heavy (non-hydrogen) atoms. The third-order valence-electron chi connectivity index (χ3n) is 2.82. The summed E-state index contributed by atoms with van der Waals surface area (Å²) < 4.78 is 7.32. The molecule has 1 aliphatic rings. The number of nitrogens with zero attached hydrogens (tertiary/aromatic N) is 4. The maximum Gasteiger partial charge on any atom is 0.163 e. The number of anilines is 1. The van der Waals surface area contributed by atoms with Crippen molar-refractivity contribution in [3.8, 4) is 0 Å². The predicted octanol–water partition coefficient (Wildman–Crippen LogP) is 0.874. The van der Waals surface area contributed by atoms with Gasteiger partial charge in [-0.1, -0.05) is 0 Å². The molecule has 0 N–H and O–H groups in total. The van der Waals surface area contributed by atoms with Crippen molar-refractivity contribution in [1.29, 1.82) is 0 Å². The highest BCUT2D eigenvalue weighted by Crippen LogP contribution is 2.20. The topological polar surface area (TPSA) is 42.7 Å². The molecular formula is C11H14N4O. The molecule has 5 nitrogen and oxygen atoms in total. The van der Waals surface area contributed by atoms with Crippen molar-refractivity contribution in [2.45, 2.75) is 6.92 Å². The van der Waals surface area contributed by atoms with E-state index in [2.05, 4.69) is 14.9 Å². The third-order valence-corrected chi connectivity index (χ3v) is 2.82. The second-order valence-corrected chi connectivity index (χ2v) is 3.99. The van der Waals surface area contributed by atoms with Crippen LogP contribution in [0.4, 0.5) is 5.69 Å². The van der Waals surface area contributed by atoms with Crippen LogP contribution in [0.5, 0.6) is 0 Å². The lowest BCUT2D eigenvalue weighted by Gasteiger charge is -2.28. The average molecular weight is 218 g/mol. The summed E-state index contributed by atoms with van der Waals surface area (Å²) in [6.45, 7) is 5.37. The minimum absolute atomic E-state index is 0.779. The van der Waals surface area contributed by atoms with Gasteiger partial charge >= 0.3 is 0 Å². The zero-order valence-corrected chi connectivity index (χ0v) is 9.26. The number of aromatic nitrogens is 3. The molecule has 2 aromatic heterocycles. The lowest BCUT2D eigenvalue weighted by atomic mass is 10.3. The molecule has 84 valence electrons. The van der Waals surface area contributed by atoms with Gasteiger partial charge in [0.25, 0.3) is 0 Å². The second kappa shape index (κ2) is 3.75. The molecule has 0 saturated carbocycles. The Balaban J connectivity index is 2.07. The van der Waals surface area contributed by atoms with Gasteiger partial charge in [0.2, 0.25) is 0 Å². The molecule has 5 heteroatoms. The summed E-state index contributed by atoms with van der Waals surface area (Å²) in [4.78, 5) is 11.0. The lowest BCUT2D eigenvalue weighted by molar-refractivity contribution is 0.123. The largest absolute Gasteiger partial charge is 0.378 e. The van der Waals surface area contributed by atoms with Crippen molar-refractivity contribution in [3.63, 3.8) is 0 Å². The smallest absolute Gasteiger partial charge is 0.163 e. The predicted molar refractivity (Wildman–Crippen MR) is 60.8 cm³/mol. The minimum atomic E-state index is 0.779. The van der Waals surface area contributed by atoms with Gasteiger partial charge in [-0.3, -0.25) is 4.40 Å². The maximum absolute atomic E-state index is 5.35. The minimum Gasteiger partial charge on any atom is -0.378 e. The van der Waals surface area contributed by atoms with Gasteiger partial charge in [0.1, 0.15) is 6.33 Å². The molecule has 0 unspecified atom stereocenters.